The van der Waals surface area contributed by atoms with Gasteiger partial charge in [0, 0.05) is 36.1 Å². The van der Waals surface area contributed by atoms with Gasteiger partial charge in [-0.2, -0.15) is 13.2 Å². The Labute approximate surface area is 182 Å². The molecule has 0 unspecified atom stereocenters. The number of pyridine rings is 1. The van der Waals surface area contributed by atoms with Crippen molar-refractivity contribution in [3.05, 3.63) is 34.8 Å². The second-order valence-electron chi connectivity index (χ2n) is 9.47. The Bertz CT molecular complexity index is 1020. The molecule has 1 saturated heterocycles. The van der Waals surface area contributed by atoms with Crippen LogP contribution in [0.5, 0.6) is 0 Å². The predicted octanol–water partition coefficient (Wildman–Crippen LogP) is 4.80. The second kappa shape index (κ2) is 7.97. The van der Waals surface area contributed by atoms with Crippen LogP contribution in [0.15, 0.2) is 12.1 Å². The van der Waals surface area contributed by atoms with E-state index < -0.39 is 23.7 Å². The maximum Gasteiger partial charge on any atom is 0.435 e. The fourth-order valence-electron chi connectivity index (χ4n) is 4.51. The number of fused-ring (bicyclic) bond motifs is 1. The number of alkyl halides is 5. The maximum absolute atomic E-state index is 13.8. The average molecular weight is 459 g/mol. The molecule has 0 bridgehead atoms. The smallest absolute Gasteiger partial charge is 0.380 e. The lowest BCUT2D eigenvalue weighted by atomic mass is 9.83. The molecule has 0 atom stereocenters. The molecule has 0 aromatic carbocycles. The van der Waals surface area contributed by atoms with E-state index in [0.29, 0.717) is 25.5 Å². The lowest BCUT2D eigenvalue weighted by Gasteiger charge is -2.38. The van der Waals surface area contributed by atoms with Gasteiger partial charge in [-0.05, 0) is 44.2 Å². The minimum Gasteiger partial charge on any atom is -0.380 e. The number of ether oxygens (including phenoxy) is 1. The highest BCUT2D eigenvalue weighted by atomic mass is 19.4. The van der Waals surface area contributed by atoms with Crippen molar-refractivity contribution >= 4 is 11.6 Å². The van der Waals surface area contributed by atoms with Gasteiger partial charge in [0.25, 0.3) is 5.91 Å². The van der Waals surface area contributed by atoms with Gasteiger partial charge in [-0.25, -0.2) is 13.8 Å². The van der Waals surface area contributed by atoms with Gasteiger partial charge in [-0.15, -0.1) is 0 Å². The van der Waals surface area contributed by atoms with Gasteiger partial charge in [0.2, 0.25) is 5.92 Å². The average Bonchev–Trinajstić information content (AvgIpc) is 3.05. The number of carbonyl (C=O) groups excluding carboxylic acids is 1. The molecule has 1 N–H and O–H groups in total. The van der Waals surface area contributed by atoms with Crippen molar-refractivity contribution in [2.75, 3.05) is 19.8 Å². The van der Waals surface area contributed by atoms with E-state index >= 15 is 0 Å². The maximum atomic E-state index is 13.8. The summed E-state index contributed by atoms with van der Waals surface area (Å²) in [7, 11) is 0. The second-order valence-corrected chi connectivity index (χ2v) is 9.47. The van der Waals surface area contributed by atoms with E-state index in [1.807, 2.05) is 6.92 Å². The topological polar surface area (TPSA) is 55.6 Å². The summed E-state index contributed by atoms with van der Waals surface area (Å²) in [6.07, 6.45) is -4.98. The molecule has 1 aliphatic carbocycles. The van der Waals surface area contributed by atoms with E-state index in [0.717, 1.165) is 0 Å². The Morgan fingerprint density at radius 2 is 1.91 bits per heavy atom. The monoisotopic (exact) mass is 459 g/mol. The Kier molecular flexibility index (Phi) is 5.71. The fourth-order valence-corrected chi connectivity index (χ4v) is 4.51. The van der Waals surface area contributed by atoms with Crippen molar-refractivity contribution < 1.29 is 31.5 Å². The van der Waals surface area contributed by atoms with Crippen molar-refractivity contribution in [3.8, 4) is 0 Å². The number of halogens is 5. The molecular formula is C22H26F5N3O2. The summed E-state index contributed by atoms with van der Waals surface area (Å²) >= 11 is 0. The van der Waals surface area contributed by atoms with E-state index in [9.17, 15) is 26.7 Å². The third kappa shape index (κ3) is 4.60. The number of hydrogen-bond donors (Lipinski definition) is 1. The summed E-state index contributed by atoms with van der Waals surface area (Å²) in [4.78, 5) is 16.4. The number of nitrogens with one attached hydrogen (secondary N) is 1. The molecule has 1 saturated carbocycles. The zero-order chi connectivity index (χ0) is 23.3. The molecule has 5 nitrogen and oxygen atoms in total. The van der Waals surface area contributed by atoms with Gasteiger partial charge >= 0.3 is 6.18 Å². The molecule has 2 aromatic rings. The molecule has 176 valence electrons. The fraction of sp³-hybridized carbons (Fsp3) is 0.636. The van der Waals surface area contributed by atoms with E-state index in [-0.39, 0.29) is 60.3 Å². The van der Waals surface area contributed by atoms with Crippen LogP contribution in [0.4, 0.5) is 22.0 Å². The van der Waals surface area contributed by atoms with Gasteiger partial charge in [0.15, 0.2) is 5.69 Å². The van der Waals surface area contributed by atoms with Crippen LogP contribution in [-0.4, -0.2) is 41.0 Å². The molecule has 10 heteroatoms. The molecule has 2 aromatic heterocycles. The number of rotatable bonds is 5. The molecule has 1 aliphatic heterocycles. The summed E-state index contributed by atoms with van der Waals surface area (Å²) < 4.78 is 74.8. The first kappa shape index (κ1) is 22.9. The van der Waals surface area contributed by atoms with E-state index in [1.54, 1.807) is 6.92 Å². The van der Waals surface area contributed by atoms with Gasteiger partial charge in [-0.3, -0.25) is 4.79 Å². The first-order valence-electron chi connectivity index (χ1n) is 10.7. The van der Waals surface area contributed by atoms with Gasteiger partial charge in [0.1, 0.15) is 5.65 Å². The Morgan fingerprint density at radius 1 is 1.25 bits per heavy atom. The number of amides is 1. The largest absolute Gasteiger partial charge is 0.435 e. The summed E-state index contributed by atoms with van der Waals surface area (Å²) in [5, 5.41) is 2.81. The number of hydrogen-bond acceptors (Lipinski definition) is 3. The van der Waals surface area contributed by atoms with Crippen LogP contribution < -0.4 is 5.32 Å². The molecule has 1 amide bonds. The van der Waals surface area contributed by atoms with Crippen LogP contribution in [0.25, 0.3) is 5.65 Å². The quantitative estimate of drug-likeness (QED) is 0.654. The van der Waals surface area contributed by atoms with Crippen LogP contribution in [0.1, 0.15) is 60.0 Å². The lowest BCUT2D eigenvalue weighted by molar-refractivity contribution is -0.141. The summed E-state index contributed by atoms with van der Waals surface area (Å²) in [5.41, 5.74) is -0.514. The SMILES string of the molecule is Cc1cc(C(=O)NCC2(C)COC2)cc2nc(C(F)(F)F)c(CC3CCC(F)(F)CC3)n12. The summed E-state index contributed by atoms with van der Waals surface area (Å²) in [6.45, 7) is 5.07. The molecule has 0 spiro atoms. The molecule has 2 fully saturated rings. The van der Waals surface area contributed by atoms with Crippen LogP contribution in [-0.2, 0) is 17.3 Å². The number of nitrogens with zero attached hydrogens (tertiary/aromatic N) is 2. The Balaban J connectivity index is 1.63. The van der Waals surface area contributed by atoms with Crippen molar-refractivity contribution in [3.63, 3.8) is 0 Å². The highest BCUT2D eigenvalue weighted by Crippen LogP contribution is 2.40. The zero-order valence-electron chi connectivity index (χ0n) is 18.0. The zero-order valence-corrected chi connectivity index (χ0v) is 18.0. The van der Waals surface area contributed by atoms with Crippen LogP contribution in [0.2, 0.25) is 0 Å². The van der Waals surface area contributed by atoms with Crippen molar-refractivity contribution in [1.82, 2.24) is 14.7 Å². The molecule has 3 heterocycles. The molecule has 4 rings (SSSR count). The minimum absolute atomic E-state index is 0.0107. The number of aryl methyl sites for hydroxylation is 1. The highest BCUT2D eigenvalue weighted by molar-refractivity contribution is 5.95. The normalized spacial score (nSPS) is 20.8. The number of aromatic nitrogens is 2. The van der Waals surface area contributed by atoms with Crippen LogP contribution in [0, 0.1) is 18.3 Å². The predicted molar refractivity (Wildman–Crippen MR) is 107 cm³/mol. The van der Waals surface area contributed by atoms with Crippen molar-refractivity contribution in [2.24, 2.45) is 11.3 Å². The first-order chi connectivity index (χ1) is 14.9. The standard InChI is InChI=1S/C22H26F5N3O2/c1-13-7-15(19(31)28-10-20(2)11-32-12-20)9-17-29-18(22(25,26)27)16(30(13)17)8-14-3-5-21(23,24)6-4-14/h7,9,14H,3-6,8,10-12H2,1-2H3,(H,28,31). The van der Waals surface area contributed by atoms with Crippen molar-refractivity contribution in [1.29, 1.82) is 0 Å². The highest BCUT2D eigenvalue weighted by Gasteiger charge is 2.41. The minimum atomic E-state index is -4.69. The lowest BCUT2D eigenvalue weighted by Crippen LogP contribution is -2.48. The molecule has 0 radical (unpaired) electrons. The van der Waals surface area contributed by atoms with Gasteiger partial charge in [-0.1, -0.05) is 6.92 Å². The van der Waals surface area contributed by atoms with E-state index in [1.165, 1.54) is 16.5 Å². The Hall–Kier alpha value is -2.23. The third-order valence-corrected chi connectivity index (χ3v) is 6.43. The molecular weight excluding hydrogens is 433 g/mol. The van der Waals surface area contributed by atoms with Crippen molar-refractivity contribution in [2.45, 2.75) is 58.1 Å². The van der Waals surface area contributed by atoms with Crippen LogP contribution in [0.3, 0.4) is 0 Å². The van der Waals surface area contributed by atoms with Gasteiger partial charge < -0.3 is 14.5 Å². The van der Waals surface area contributed by atoms with Gasteiger partial charge in [0.05, 0.1) is 18.9 Å². The summed E-state index contributed by atoms with van der Waals surface area (Å²) in [6, 6.07) is 2.87. The Morgan fingerprint density at radius 3 is 2.47 bits per heavy atom. The summed E-state index contributed by atoms with van der Waals surface area (Å²) in [5.74, 6) is -3.41. The first-order valence-corrected chi connectivity index (χ1v) is 10.7. The van der Waals surface area contributed by atoms with E-state index in [2.05, 4.69) is 10.3 Å². The molecule has 32 heavy (non-hydrogen) atoms. The van der Waals surface area contributed by atoms with E-state index in [4.69, 9.17) is 4.74 Å². The number of carbonyl (C=O) groups is 1. The third-order valence-electron chi connectivity index (χ3n) is 6.43. The van der Waals surface area contributed by atoms with Crippen LogP contribution >= 0.6 is 0 Å². The number of imidazole rings is 1. The molecule has 2 aliphatic rings.